The van der Waals surface area contributed by atoms with Crippen LogP contribution in [0.5, 0.6) is 5.75 Å². The van der Waals surface area contributed by atoms with Gasteiger partial charge in [0.1, 0.15) is 5.75 Å². The monoisotopic (exact) mass is 400 g/mol. The van der Waals surface area contributed by atoms with E-state index in [2.05, 4.69) is 4.74 Å². The Balaban J connectivity index is 1.75. The molecule has 3 rings (SSSR count). The number of carbonyl (C=O) groups excluding carboxylic acids is 1. The van der Waals surface area contributed by atoms with Gasteiger partial charge in [-0.25, -0.2) is 13.6 Å². The maximum Gasteiger partial charge on any atom is 0.573 e. The van der Waals surface area contributed by atoms with Crippen LogP contribution in [-0.2, 0) is 27.7 Å². The quantitative estimate of drug-likeness (QED) is 0.853. The second kappa shape index (κ2) is 6.86. The van der Waals surface area contributed by atoms with E-state index in [-0.39, 0.29) is 23.0 Å². The average molecular weight is 400 g/mol. The predicted molar refractivity (Wildman–Crippen MR) is 90.7 cm³/mol. The number of hydrogen-bond donors (Lipinski definition) is 1. The van der Waals surface area contributed by atoms with Gasteiger partial charge in [-0.05, 0) is 41.8 Å². The largest absolute Gasteiger partial charge is 0.573 e. The lowest BCUT2D eigenvalue weighted by molar-refractivity contribution is -0.274. The number of primary sulfonamides is 1. The number of carbonyl (C=O) groups is 1. The van der Waals surface area contributed by atoms with Crippen molar-refractivity contribution in [2.45, 2.75) is 24.1 Å². The van der Waals surface area contributed by atoms with E-state index >= 15 is 0 Å². The number of nitrogens with two attached hydrogens (primary N) is 1. The molecule has 144 valence electrons. The van der Waals surface area contributed by atoms with Crippen molar-refractivity contribution in [1.29, 1.82) is 0 Å². The van der Waals surface area contributed by atoms with Crippen molar-refractivity contribution in [2.24, 2.45) is 5.14 Å². The Morgan fingerprint density at radius 1 is 1.15 bits per heavy atom. The Morgan fingerprint density at radius 2 is 1.81 bits per heavy atom. The molecule has 2 N–H and O–H groups in total. The molecule has 0 aliphatic carbocycles. The molecular formula is C17H15F3N2O4S. The average Bonchev–Trinajstić information content (AvgIpc) is 2.97. The zero-order chi connectivity index (χ0) is 19.8. The number of rotatable bonds is 4. The number of hydrogen-bond acceptors (Lipinski definition) is 4. The highest BCUT2D eigenvalue weighted by atomic mass is 32.2. The topological polar surface area (TPSA) is 89.7 Å². The van der Waals surface area contributed by atoms with Gasteiger partial charge in [-0.15, -0.1) is 13.2 Å². The molecule has 1 aliphatic rings. The van der Waals surface area contributed by atoms with Crippen molar-refractivity contribution in [3.8, 4) is 5.75 Å². The van der Waals surface area contributed by atoms with Crippen LogP contribution in [-0.4, -0.2) is 27.2 Å². The first kappa shape index (κ1) is 19.2. The summed E-state index contributed by atoms with van der Waals surface area (Å²) in [6, 6.07) is 9.37. The SMILES string of the molecule is NS(=O)(=O)c1ccc2c(c1)N(C(=O)Cc1ccc(OC(F)(F)F)cc1)CC2. The molecule has 1 heterocycles. The highest BCUT2D eigenvalue weighted by Crippen LogP contribution is 2.31. The number of anilines is 1. The number of nitrogens with zero attached hydrogens (tertiary/aromatic N) is 1. The van der Waals surface area contributed by atoms with Crippen LogP contribution in [0.2, 0.25) is 0 Å². The molecule has 0 radical (unpaired) electrons. The fourth-order valence-electron chi connectivity index (χ4n) is 2.87. The van der Waals surface area contributed by atoms with E-state index in [9.17, 15) is 26.4 Å². The van der Waals surface area contributed by atoms with E-state index < -0.39 is 16.4 Å². The maximum absolute atomic E-state index is 12.6. The number of amides is 1. The summed E-state index contributed by atoms with van der Waals surface area (Å²) in [7, 11) is -3.90. The van der Waals surface area contributed by atoms with Crippen molar-refractivity contribution >= 4 is 21.6 Å². The third kappa shape index (κ3) is 4.58. The van der Waals surface area contributed by atoms with Gasteiger partial charge in [0.25, 0.3) is 0 Å². The summed E-state index contributed by atoms with van der Waals surface area (Å²) in [6.07, 6.45) is -4.26. The smallest absolute Gasteiger partial charge is 0.406 e. The minimum Gasteiger partial charge on any atom is -0.406 e. The number of alkyl halides is 3. The molecule has 0 saturated carbocycles. The van der Waals surface area contributed by atoms with Gasteiger partial charge in [0.15, 0.2) is 0 Å². The molecule has 27 heavy (non-hydrogen) atoms. The molecule has 0 fully saturated rings. The summed E-state index contributed by atoms with van der Waals surface area (Å²) in [4.78, 5) is 13.9. The molecule has 1 aliphatic heterocycles. The van der Waals surface area contributed by atoms with E-state index in [1.165, 1.54) is 29.2 Å². The Labute approximate surface area is 153 Å². The summed E-state index contributed by atoms with van der Waals surface area (Å²) < 4.78 is 63.4. The predicted octanol–water partition coefficient (Wildman–Crippen LogP) is 2.36. The summed E-state index contributed by atoms with van der Waals surface area (Å²) in [6.45, 7) is 0.386. The van der Waals surface area contributed by atoms with Crippen LogP contribution < -0.4 is 14.8 Å². The van der Waals surface area contributed by atoms with Crippen LogP contribution in [0.4, 0.5) is 18.9 Å². The Bertz CT molecular complexity index is 973. The Hall–Kier alpha value is -2.59. The molecule has 0 aromatic heterocycles. The van der Waals surface area contributed by atoms with Crippen LogP contribution >= 0.6 is 0 Å². The number of benzene rings is 2. The molecule has 1 amide bonds. The summed E-state index contributed by atoms with van der Waals surface area (Å²) in [5, 5.41) is 5.13. The minimum atomic E-state index is -4.78. The van der Waals surface area contributed by atoms with Crippen molar-refractivity contribution in [3.05, 3.63) is 53.6 Å². The first-order valence-electron chi connectivity index (χ1n) is 7.84. The third-order valence-electron chi connectivity index (χ3n) is 4.09. The number of halogens is 3. The zero-order valence-electron chi connectivity index (χ0n) is 13.9. The van der Waals surface area contributed by atoms with E-state index in [0.717, 1.165) is 17.7 Å². The zero-order valence-corrected chi connectivity index (χ0v) is 14.7. The van der Waals surface area contributed by atoms with Gasteiger partial charge in [-0.3, -0.25) is 4.79 Å². The number of sulfonamides is 1. The van der Waals surface area contributed by atoms with Crippen molar-refractivity contribution in [1.82, 2.24) is 0 Å². The lowest BCUT2D eigenvalue weighted by Crippen LogP contribution is -2.30. The fraction of sp³-hybridized carbons (Fsp3) is 0.235. The molecule has 6 nitrogen and oxygen atoms in total. The highest BCUT2D eigenvalue weighted by Gasteiger charge is 2.31. The summed E-state index contributed by atoms with van der Waals surface area (Å²) in [5.74, 6) is -0.673. The lowest BCUT2D eigenvalue weighted by Gasteiger charge is -2.18. The molecule has 0 saturated heterocycles. The lowest BCUT2D eigenvalue weighted by atomic mass is 10.1. The van der Waals surface area contributed by atoms with E-state index in [1.807, 2.05) is 0 Å². The molecule has 10 heteroatoms. The van der Waals surface area contributed by atoms with Crippen molar-refractivity contribution in [2.75, 3.05) is 11.4 Å². The van der Waals surface area contributed by atoms with Gasteiger partial charge in [-0.1, -0.05) is 18.2 Å². The van der Waals surface area contributed by atoms with Gasteiger partial charge in [-0.2, -0.15) is 0 Å². The van der Waals surface area contributed by atoms with Crippen LogP contribution in [0.3, 0.4) is 0 Å². The maximum atomic E-state index is 12.6. The van der Waals surface area contributed by atoms with Crippen LogP contribution in [0, 0.1) is 0 Å². The molecule has 0 unspecified atom stereocenters. The summed E-state index contributed by atoms with van der Waals surface area (Å²) in [5.41, 5.74) is 1.80. The van der Waals surface area contributed by atoms with E-state index in [4.69, 9.17) is 5.14 Å². The van der Waals surface area contributed by atoms with Crippen molar-refractivity contribution in [3.63, 3.8) is 0 Å². The van der Waals surface area contributed by atoms with Crippen LogP contribution in [0.25, 0.3) is 0 Å². The van der Waals surface area contributed by atoms with Gasteiger partial charge in [0.05, 0.1) is 11.3 Å². The molecule has 2 aromatic carbocycles. The van der Waals surface area contributed by atoms with Gasteiger partial charge >= 0.3 is 6.36 Å². The molecule has 0 bridgehead atoms. The number of ether oxygens (including phenoxy) is 1. The van der Waals surface area contributed by atoms with Crippen LogP contribution in [0.15, 0.2) is 47.4 Å². The second-order valence-electron chi connectivity index (χ2n) is 6.00. The van der Waals surface area contributed by atoms with Crippen LogP contribution in [0.1, 0.15) is 11.1 Å². The second-order valence-corrected chi connectivity index (χ2v) is 7.56. The van der Waals surface area contributed by atoms with Gasteiger partial charge in [0.2, 0.25) is 15.9 Å². The molecule has 0 atom stereocenters. The van der Waals surface area contributed by atoms with Gasteiger partial charge < -0.3 is 9.64 Å². The van der Waals surface area contributed by atoms with E-state index in [0.29, 0.717) is 24.2 Å². The molecule has 2 aromatic rings. The number of fused-ring (bicyclic) bond motifs is 1. The Kier molecular flexibility index (Phi) is 4.87. The van der Waals surface area contributed by atoms with Gasteiger partial charge in [0, 0.05) is 12.2 Å². The van der Waals surface area contributed by atoms with Crippen molar-refractivity contribution < 1.29 is 31.1 Å². The standard InChI is InChI=1S/C17H15F3N2O4S/c18-17(19,20)26-13-4-1-11(2-5-13)9-16(23)22-8-7-12-3-6-14(10-15(12)22)27(21,24)25/h1-6,10H,7-9H2,(H2,21,24,25). The third-order valence-corrected chi connectivity index (χ3v) is 5.01. The van der Waals surface area contributed by atoms with E-state index in [1.54, 1.807) is 6.07 Å². The highest BCUT2D eigenvalue weighted by molar-refractivity contribution is 7.89. The first-order valence-corrected chi connectivity index (χ1v) is 9.38. The summed E-state index contributed by atoms with van der Waals surface area (Å²) >= 11 is 0. The minimum absolute atomic E-state index is 0.0503. The molecular weight excluding hydrogens is 385 g/mol. The first-order chi connectivity index (χ1) is 12.5. The fourth-order valence-corrected chi connectivity index (χ4v) is 3.41. The Morgan fingerprint density at radius 3 is 2.41 bits per heavy atom. The molecule has 0 spiro atoms. The normalized spacial score (nSPS) is 14.1.